The van der Waals surface area contributed by atoms with Crippen molar-refractivity contribution in [3.63, 3.8) is 0 Å². The van der Waals surface area contributed by atoms with E-state index >= 15 is 0 Å². The molecule has 1 amide bonds. The van der Waals surface area contributed by atoms with Crippen LogP contribution in [0.25, 0.3) is 0 Å². The maximum atomic E-state index is 13.6. The maximum absolute atomic E-state index is 13.6. The lowest BCUT2D eigenvalue weighted by atomic mass is 9.97. The van der Waals surface area contributed by atoms with Crippen molar-refractivity contribution in [2.45, 2.75) is 25.7 Å². The second-order valence-corrected chi connectivity index (χ2v) is 7.19. The number of hydrogen-bond acceptors (Lipinski definition) is 7. The zero-order valence-electron chi connectivity index (χ0n) is 16.5. The van der Waals surface area contributed by atoms with E-state index in [1.54, 1.807) is 37.5 Å². The number of carbonyl (C=O) groups excluding carboxylic acids is 1. The van der Waals surface area contributed by atoms with Crippen LogP contribution in [0.3, 0.4) is 0 Å². The molecule has 0 aliphatic carbocycles. The topological polar surface area (TPSA) is 95.9 Å². The molecule has 1 fully saturated rings. The first-order valence-electron chi connectivity index (χ1n) is 9.76. The zero-order valence-corrected chi connectivity index (χ0v) is 16.5. The van der Waals surface area contributed by atoms with Crippen molar-refractivity contribution in [2.75, 3.05) is 23.7 Å². The molecule has 0 bridgehead atoms. The van der Waals surface area contributed by atoms with E-state index in [0.29, 0.717) is 35.4 Å². The highest BCUT2D eigenvalue weighted by Crippen LogP contribution is 2.28. The predicted octanol–water partition coefficient (Wildman–Crippen LogP) is 3.62. The molecule has 2 N–H and O–H groups in total. The Balaban J connectivity index is 1.65. The second kappa shape index (κ2) is 8.81. The monoisotopic (exact) mass is 407 g/mol. The van der Waals surface area contributed by atoms with Crippen molar-refractivity contribution in [1.29, 1.82) is 0 Å². The highest BCUT2D eigenvalue weighted by molar-refractivity contribution is 5.73. The molecular formula is C21H22FN7O. The molecule has 1 unspecified atom stereocenters. The average Bonchev–Trinajstić information content (AvgIpc) is 2.74. The van der Waals surface area contributed by atoms with Crippen LogP contribution >= 0.6 is 0 Å². The van der Waals surface area contributed by atoms with Crippen LogP contribution in [-0.2, 0) is 4.79 Å². The van der Waals surface area contributed by atoms with Gasteiger partial charge >= 0.3 is 0 Å². The van der Waals surface area contributed by atoms with Crippen molar-refractivity contribution in [1.82, 2.24) is 24.8 Å². The molecule has 1 saturated heterocycles. The van der Waals surface area contributed by atoms with Gasteiger partial charge in [-0.1, -0.05) is 6.07 Å². The number of piperidine rings is 1. The first-order valence-corrected chi connectivity index (χ1v) is 9.76. The van der Waals surface area contributed by atoms with Gasteiger partial charge in [0.25, 0.3) is 0 Å². The number of hydrogen-bond donors (Lipinski definition) is 2. The van der Waals surface area contributed by atoms with E-state index in [9.17, 15) is 9.18 Å². The lowest BCUT2D eigenvalue weighted by molar-refractivity contribution is -0.130. The van der Waals surface area contributed by atoms with E-state index in [0.717, 1.165) is 19.4 Å². The molecule has 0 saturated carbocycles. The Morgan fingerprint density at radius 1 is 1.10 bits per heavy atom. The van der Waals surface area contributed by atoms with Crippen molar-refractivity contribution >= 4 is 28.9 Å². The fraction of sp³-hybridized carbons (Fsp3) is 0.286. The van der Waals surface area contributed by atoms with Gasteiger partial charge in [-0.3, -0.25) is 4.79 Å². The maximum Gasteiger partial charge on any atom is 0.219 e. The van der Waals surface area contributed by atoms with Crippen LogP contribution in [-0.4, -0.2) is 43.8 Å². The van der Waals surface area contributed by atoms with Crippen LogP contribution in [0.1, 0.15) is 31.5 Å². The van der Waals surface area contributed by atoms with Crippen LogP contribution < -0.4 is 10.6 Å². The Labute approximate surface area is 173 Å². The van der Waals surface area contributed by atoms with Crippen molar-refractivity contribution < 1.29 is 9.18 Å². The molecular weight excluding hydrogens is 385 g/mol. The number of nitrogens with zero attached hydrogens (tertiary/aromatic N) is 5. The van der Waals surface area contributed by atoms with Gasteiger partial charge < -0.3 is 15.5 Å². The smallest absolute Gasteiger partial charge is 0.219 e. The minimum atomic E-state index is -0.335. The first-order chi connectivity index (χ1) is 14.6. The van der Waals surface area contributed by atoms with E-state index in [4.69, 9.17) is 0 Å². The average molecular weight is 407 g/mol. The van der Waals surface area contributed by atoms with Gasteiger partial charge in [0.05, 0.1) is 18.1 Å². The lowest BCUT2D eigenvalue weighted by Gasteiger charge is -2.31. The second-order valence-electron chi connectivity index (χ2n) is 7.19. The molecule has 3 aromatic rings. The summed E-state index contributed by atoms with van der Waals surface area (Å²) in [6.45, 7) is 2.90. The van der Waals surface area contributed by atoms with Gasteiger partial charge in [-0.05, 0) is 31.0 Å². The van der Waals surface area contributed by atoms with Gasteiger partial charge in [0.2, 0.25) is 5.91 Å². The summed E-state index contributed by atoms with van der Waals surface area (Å²) in [7, 11) is 0. The Hall–Kier alpha value is -3.62. The van der Waals surface area contributed by atoms with E-state index < -0.39 is 0 Å². The fourth-order valence-corrected chi connectivity index (χ4v) is 3.48. The molecule has 2 aromatic heterocycles. The van der Waals surface area contributed by atoms with Gasteiger partial charge in [-0.25, -0.2) is 24.3 Å². The van der Waals surface area contributed by atoms with Crippen molar-refractivity contribution in [3.05, 3.63) is 60.7 Å². The van der Waals surface area contributed by atoms with Gasteiger partial charge in [0, 0.05) is 37.7 Å². The summed E-state index contributed by atoms with van der Waals surface area (Å²) in [5.41, 5.74) is 1.27. The van der Waals surface area contributed by atoms with Crippen molar-refractivity contribution in [3.8, 4) is 0 Å². The number of benzene rings is 1. The Morgan fingerprint density at radius 2 is 1.83 bits per heavy atom. The zero-order chi connectivity index (χ0) is 20.9. The van der Waals surface area contributed by atoms with E-state index in [2.05, 4.69) is 30.6 Å². The number of aromatic nitrogens is 4. The molecule has 1 atom stereocenters. The number of likely N-dealkylation sites (tertiary alicyclic amines) is 1. The predicted molar refractivity (Wildman–Crippen MR) is 111 cm³/mol. The molecule has 8 nitrogen and oxygen atoms in total. The quantitative estimate of drug-likeness (QED) is 0.667. The third-order valence-electron chi connectivity index (χ3n) is 4.91. The number of amides is 1. The lowest BCUT2D eigenvalue weighted by Crippen LogP contribution is -2.38. The largest absolute Gasteiger partial charge is 0.342 e. The molecule has 1 aliphatic heterocycles. The third kappa shape index (κ3) is 4.86. The molecule has 3 heterocycles. The number of halogens is 1. The molecule has 1 aliphatic rings. The summed E-state index contributed by atoms with van der Waals surface area (Å²) < 4.78 is 13.6. The summed E-state index contributed by atoms with van der Waals surface area (Å²) >= 11 is 0. The minimum absolute atomic E-state index is 0.0180. The summed E-state index contributed by atoms with van der Waals surface area (Å²) in [6.07, 6.45) is 6.52. The molecule has 154 valence electrons. The Kier molecular flexibility index (Phi) is 5.78. The van der Waals surface area contributed by atoms with Gasteiger partial charge in [0.1, 0.15) is 29.6 Å². The van der Waals surface area contributed by atoms with Gasteiger partial charge in [-0.15, -0.1) is 0 Å². The van der Waals surface area contributed by atoms with Crippen LogP contribution in [0, 0.1) is 5.82 Å². The first kappa shape index (κ1) is 19.7. The standard InChI is InChI=1S/C21H22FN7O/c1-14(30)29-7-3-4-15(12-29)21-27-19(25-17-6-2-5-16(22)8-17)9-20(28-21)26-18-10-23-13-24-11-18/h2,5-6,8-11,13,15H,3-4,7,12H2,1H3,(H2,25,26,27,28). The van der Waals surface area contributed by atoms with Crippen LogP contribution in [0.15, 0.2) is 49.1 Å². The number of rotatable bonds is 5. The summed E-state index contributed by atoms with van der Waals surface area (Å²) in [6, 6.07) is 7.93. The summed E-state index contributed by atoms with van der Waals surface area (Å²) in [4.78, 5) is 31.0. The number of nitrogens with one attached hydrogen (secondary N) is 2. The SMILES string of the molecule is CC(=O)N1CCCC(c2nc(Nc3cncnc3)cc(Nc3cccc(F)c3)n2)C1. The molecule has 9 heteroatoms. The third-order valence-corrected chi connectivity index (χ3v) is 4.91. The van der Waals surface area contributed by atoms with Gasteiger partial charge in [0.15, 0.2) is 0 Å². The van der Waals surface area contributed by atoms with E-state index in [1.807, 2.05) is 4.90 Å². The normalized spacial score (nSPS) is 16.2. The highest BCUT2D eigenvalue weighted by atomic mass is 19.1. The van der Waals surface area contributed by atoms with E-state index in [-0.39, 0.29) is 17.6 Å². The summed E-state index contributed by atoms with van der Waals surface area (Å²) in [5, 5.41) is 6.33. The van der Waals surface area contributed by atoms with Gasteiger partial charge in [-0.2, -0.15) is 0 Å². The summed E-state index contributed by atoms with van der Waals surface area (Å²) in [5.74, 6) is 1.46. The number of carbonyl (C=O) groups is 1. The van der Waals surface area contributed by atoms with E-state index in [1.165, 1.54) is 18.5 Å². The van der Waals surface area contributed by atoms with Crippen LogP contribution in [0.4, 0.5) is 27.4 Å². The molecule has 30 heavy (non-hydrogen) atoms. The molecule has 0 radical (unpaired) electrons. The minimum Gasteiger partial charge on any atom is -0.342 e. The molecule has 4 rings (SSSR count). The highest BCUT2D eigenvalue weighted by Gasteiger charge is 2.25. The van der Waals surface area contributed by atoms with Crippen LogP contribution in [0.5, 0.6) is 0 Å². The Bertz CT molecular complexity index is 1030. The Morgan fingerprint density at radius 3 is 2.53 bits per heavy atom. The molecule has 1 aromatic carbocycles. The van der Waals surface area contributed by atoms with Crippen molar-refractivity contribution in [2.24, 2.45) is 0 Å². The fourth-order valence-electron chi connectivity index (χ4n) is 3.48. The number of anilines is 4. The molecule has 0 spiro atoms. The van der Waals surface area contributed by atoms with Crippen LogP contribution in [0.2, 0.25) is 0 Å².